The highest BCUT2D eigenvalue weighted by molar-refractivity contribution is 6.30. The molecule has 0 saturated carbocycles. The van der Waals surface area contributed by atoms with Crippen molar-refractivity contribution in [2.75, 3.05) is 13.2 Å². The predicted octanol–water partition coefficient (Wildman–Crippen LogP) is 0.918. The number of carbonyl (C=O) groups is 1. The fraction of sp³-hybridized carbons (Fsp3) is 0.267. The Hall–Kier alpha value is -2.42. The lowest BCUT2D eigenvalue weighted by molar-refractivity contribution is -0.103. The van der Waals surface area contributed by atoms with E-state index in [-0.39, 0.29) is 18.2 Å². The molecule has 2 aromatic rings. The van der Waals surface area contributed by atoms with E-state index in [1.807, 2.05) is 0 Å². The number of halogens is 1. The Morgan fingerprint density at radius 3 is 2.83 bits per heavy atom. The monoisotopic (exact) mass is 352 g/mol. The molecule has 9 heteroatoms. The molecule has 0 amide bonds. The first-order chi connectivity index (χ1) is 11.5. The Morgan fingerprint density at radius 2 is 2.08 bits per heavy atom. The summed E-state index contributed by atoms with van der Waals surface area (Å²) in [6, 6.07) is 8.49. The van der Waals surface area contributed by atoms with Crippen LogP contribution in [0.4, 0.5) is 0 Å². The Morgan fingerprint density at radius 1 is 1.33 bits per heavy atom. The van der Waals surface area contributed by atoms with Gasteiger partial charge in [-0.15, -0.1) is 0 Å². The number of nitrogens with one attached hydrogen (secondary N) is 1. The third-order valence-corrected chi connectivity index (χ3v) is 3.60. The van der Waals surface area contributed by atoms with Crippen molar-refractivity contribution >= 4 is 17.6 Å². The van der Waals surface area contributed by atoms with E-state index in [4.69, 9.17) is 25.8 Å². The van der Waals surface area contributed by atoms with Crippen molar-refractivity contribution in [2.24, 2.45) is 0 Å². The smallest absolute Gasteiger partial charge is 0.338 e. The highest BCUT2D eigenvalue weighted by Gasteiger charge is 2.29. The molecular weight excluding hydrogens is 340 g/mol. The van der Waals surface area contributed by atoms with Gasteiger partial charge in [0.1, 0.15) is 11.6 Å². The standard InChI is InChI=1S/C15H13ClN2O6/c16-10-6-18(15(21)17-13(10)19)11-7-22-12(24-11)8-23-14(20)9-4-2-1-3-5-9/h1-6,11-12H,7-8H2,(H,17,19,21)/t11?,12-/m0/s1. The van der Waals surface area contributed by atoms with E-state index in [1.54, 1.807) is 30.3 Å². The molecule has 0 spiro atoms. The van der Waals surface area contributed by atoms with Crippen LogP contribution in [-0.4, -0.2) is 35.0 Å². The van der Waals surface area contributed by atoms with E-state index >= 15 is 0 Å². The first-order valence-electron chi connectivity index (χ1n) is 7.05. The quantitative estimate of drug-likeness (QED) is 0.821. The highest BCUT2D eigenvalue weighted by Crippen LogP contribution is 2.20. The van der Waals surface area contributed by atoms with Crippen LogP contribution in [0.15, 0.2) is 46.1 Å². The lowest BCUT2D eigenvalue weighted by Gasteiger charge is -2.13. The fourth-order valence-corrected chi connectivity index (χ4v) is 2.31. The first-order valence-corrected chi connectivity index (χ1v) is 7.42. The second kappa shape index (κ2) is 7.00. The zero-order valence-electron chi connectivity index (χ0n) is 12.3. The zero-order valence-corrected chi connectivity index (χ0v) is 13.1. The largest absolute Gasteiger partial charge is 0.457 e. The van der Waals surface area contributed by atoms with E-state index < -0.39 is 29.7 Å². The van der Waals surface area contributed by atoms with Crippen molar-refractivity contribution in [1.29, 1.82) is 0 Å². The van der Waals surface area contributed by atoms with Crippen LogP contribution in [0.25, 0.3) is 0 Å². The lowest BCUT2D eigenvalue weighted by Crippen LogP contribution is -2.33. The van der Waals surface area contributed by atoms with Gasteiger partial charge >= 0.3 is 11.7 Å². The van der Waals surface area contributed by atoms with Crippen molar-refractivity contribution in [1.82, 2.24) is 9.55 Å². The van der Waals surface area contributed by atoms with Crippen LogP contribution in [-0.2, 0) is 14.2 Å². The fourth-order valence-electron chi connectivity index (χ4n) is 2.15. The van der Waals surface area contributed by atoms with Gasteiger partial charge in [0.05, 0.1) is 12.2 Å². The third kappa shape index (κ3) is 3.56. The maximum Gasteiger partial charge on any atom is 0.338 e. The van der Waals surface area contributed by atoms with Crippen LogP contribution in [0.5, 0.6) is 0 Å². The number of H-pyrrole nitrogens is 1. The minimum absolute atomic E-state index is 0.0514. The minimum atomic E-state index is -0.819. The molecular formula is C15H13ClN2O6. The van der Waals surface area contributed by atoms with Crippen molar-refractivity contribution < 1.29 is 19.0 Å². The number of hydrogen-bond donors (Lipinski definition) is 1. The number of rotatable bonds is 4. The molecule has 1 N–H and O–H groups in total. The lowest BCUT2D eigenvalue weighted by atomic mass is 10.2. The van der Waals surface area contributed by atoms with Gasteiger partial charge in [-0.25, -0.2) is 9.59 Å². The molecule has 1 aliphatic rings. The molecule has 24 heavy (non-hydrogen) atoms. The number of carbonyl (C=O) groups excluding carboxylic acids is 1. The zero-order chi connectivity index (χ0) is 17.1. The molecule has 8 nitrogen and oxygen atoms in total. The molecule has 1 fully saturated rings. The molecule has 0 aliphatic carbocycles. The molecule has 1 aromatic carbocycles. The maximum absolute atomic E-state index is 11.8. The average molecular weight is 353 g/mol. The second-order valence-electron chi connectivity index (χ2n) is 4.96. The maximum atomic E-state index is 11.8. The van der Waals surface area contributed by atoms with Crippen LogP contribution in [0, 0.1) is 0 Å². The molecule has 0 bridgehead atoms. The van der Waals surface area contributed by atoms with Gasteiger partial charge in [0.15, 0.2) is 12.5 Å². The van der Waals surface area contributed by atoms with Gasteiger partial charge in [0.25, 0.3) is 5.56 Å². The van der Waals surface area contributed by atoms with Gasteiger partial charge in [-0.05, 0) is 12.1 Å². The Kier molecular flexibility index (Phi) is 4.79. The molecule has 0 radical (unpaired) electrons. The number of aromatic nitrogens is 2. The van der Waals surface area contributed by atoms with Crippen LogP contribution in [0.2, 0.25) is 5.02 Å². The van der Waals surface area contributed by atoms with Crippen molar-refractivity contribution in [2.45, 2.75) is 12.5 Å². The number of esters is 1. The number of aromatic amines is 1. The Balaban J connectivity index is 1.60. The third-order valence-electron chi connectivity index (χ3n) is 3.33. The highest BCUT2D eigenvalue weighted by atomic mass is 35.5. The van der Waals surface area contributed by atoms with Crippen LogP contribution in [0.3, 0.4) is 0 Å². The predicted molar refractivity (Wildman–Crippen MR) is 82.9 cm³/mol. The minimum Gasteiger partial charge on any atom is -0.457 e. The number of hydrogen-bond acceptors (Lipinski definition) is 6. The summed E-state index contributed by atoms with van der Waals surface area (Å²) in [6.07, 6.45) is -0.415. The second-order valence-corrected chi connectivity index (χ2v) is 5.37. The van der Waals surface area contributed by atoms with Crippen molar-refractivity contribution in [3.05, 3.63) is 68.0 Å². The van der Waals surface area contributed by atoms with Gasteiger partial charge in [-0.2, -0.15) is 0 Å². The molecule has 126 valence electrons. The Labute approximate surface area is 140 Å². The molecule has 3 rings (SSSR count). The van der Waals surface area contributed by atoms with Gasteiger partial charge < -0.3 is 14.2 Å². The normalized spacial score (nSPS) is 20.0. The summed E-state index contributed by atoms with van der Waals surface area (Å²) in [4.78, 5) is 36.9. The summed E-state index contributed by atoms with van der Waals surface area (Å²) in [5.74, 6) is -0.504. The molecule has 1 saturated heterocycles. The summed E-state index contributed by atoms with van der Waals surface area (Å²) in [6.45, 7) is -0.0775. The van der Waals surface area contributed by atoms with Gasteiger partial charge in [0.2, 0.25) is 0 Å². The molecule has 2 atom stereocenters. The number of nitrogens with zero attached hydrogens (tertiary/aromatic N) is 1. The molecule has 1 aliphatic heterocycles. The first kappa shape index (κ1) is 16.4. The van der Waals surface area contributed by atoms with E-state index in [2.05, 4.69) is 4.98 Å². The van der Waals surface area contributed by atoms with E-state index in [1.165, 1.54) is 6.20 Å². The molecule has 1 aromatic heterocycles. The van der Waals surface area contributed by atoms with Crippen LogP contribution in [0.1, 0.15) is 16.6 Å². The van der Waals surface area contributed by atoms with Crippen molar-refractivity contribution in [3.63, 3.8) is 0 Å². The van der Waals surface area contributed by atoms with Crippen molar-refractivity contribution in [3.8, 4) is 0 Å². The van der Waals surface area contributed by atoms with Gasteiger partial charge in [-0.3, -0.25) is 14.3 Å². The average Bonchev–Trinajstić information content (AvgIpc) is 3.05. The molecule has 1 unspecified atom stereocenters. The van der Waals surface area contributed by atoms with Gasteiger partial charge in [-0.1, -0.05) is 29.8 Å². The summed E-state index contributed by atoms with van der Waals surface area (Å²) in [7, 11) is 0. The summed E-state index contributed by atoms with van der Waals surface area (Å²) < 4.78 is 17.1. The van der Waals surface area contributed by atoms with E-state index in [9.17, 15) is 14.4 Å². The van der Waals surface area contributed by atoms with E-state index in [0.29, 0.717) is 5.56 Å². The van der Waals surface area contributed by atoms with E-state index in [0.717, 1.165) is 4.57 Å². The topological polar surface area (TPSA) is 99.6 Å². The Bertz CT molecular complexity index is 847. The SMILES string of the molecule is O=C(OC[C@H]1OCC(n2cc(Cl)c(=O)[nH]c2=O)O1)c1ccccc1. The van der Waals surface area contributed by atoms with Crippen LogP contribution >= 0.6 is 11.6 Å². The van der Waals surface area contributed by atoms with Gasteiger partial charge in [0, 0.05) is 6.20 Å². The van der Waals surface area contributed by atoms with Crippen LogP contribution < -0.4 is 11.2 Å². The summed E-state index contributed by atoms with van der Waals surface area (Å²) >= 11 is 5.70. The number of benzene rings is 1. The summed E-state index contributed by atoms with van der Waals surface area (Å²) in [5, 5.41) is -0.142. The summed E-state index contributed by atoms with van der Waals surface area (Å²) in [5.41, 5.74) is -0.930. The molecule has 2 heterocycles. The number of ether oxygens (including phenoxy) is 3.